The summed E-state index contributed by atoms with van der Waals surface area (Å²) in [5, 5.41) is 2.29. The molecule has 1 aliphatic rings. The molecular formula is C29H23NO. The molecule has 2 heterocycles. The predicted molar refractivity (Wildman–Crippen MR) is 129 cm³/mol. The summed E-state index contributed by atoms with van der Waals surface area (Å²) in [6, 6.07) is 27.8. The summed E-state index contributed by atoms with van der Waals surface area (Å²) in [6.07, 6.45) is 0. The second-order valence-electron chi connectivity index (χ2n) is 8.58. The molecule has 1 aromatic heterocycles. The summed E-state index contributed by atoms with van der Waals surface area (Å²) < 4.78 is 6.38. The zero-order chi connectivity index (χ0) is 21.1. The highest BCUT2D eigenvalue weighted by molar-refractivity contribution is 6.20. The van der Waals surface area contributed by atoms with Gasteiger partial charge in [0.05, 0.1) is 17.3 Å². The Morgan fingerprint density at radius 3 is 2.29 bits per heavy atom. The van der Waals surface area contributed by atoms with Crippen molar-refractivity contribution in [3.8, 4) is 0 Å². The van der Waals surface area contributed by atoms with Crippen molar-refractivity contribution in [2.75, 3.05) is 0 Å². The lowest BCUT2D eigenvalue weighted by Crippen LogP contribution is -2.15. The molecule has 0 spiro atoms. The molecule has 150 valence electrons. The molecule has 2 heteroatoms. The number of fused-ring (bicyclic) bond motifs is 4. The summed E-state index contributed by atoms with van der Waals surface area (Å²) in [5.41, 5.74) is 11.6. The van der Waals surface area contributed by atoms with Crippen LogP contribution in [0.4, 0.5) is 5.69 Å². The van der Waals surface area contributed by atoms with Crippen LogP contribution in [0, 0.1) is 20.8 Å². The van der Waals surface area contributed by atoms with E-state index >= 15 is 0 Å². The average molecular weight is 402 g/mol. The van der Waals surface area contributed by atoms with Crippen LogP contribution < -0.4 is 0 Å². The van der Waals surface area contributed by atoms with E-state index in [0.717, 1.165) is 38.9 Å². The van der Waals surface area contributed by atoms with E-state index in [4.69, 9.17) is 9.41 Å². The lowest BCUT2D eigenvalue weighted by atomic mass is 9.80. The first-order valence-corrected chi connectivity index (χ1v) is 10.8. The Labute approximate surface area is 181 Å². The normalized spacial score (nSPS) is 15.5. The van der Waals surface area contributed by atoms with Gasteiger partial charge in [0.1, 0.15) is 11.2 Å². The molecule has 0 fully saturated rings. The topological polar surface area (TPSA) is 25.5 Å². The number of nitrogens with zero attached hydrogens (tertiary/aromatic N) is 1. The molecular weight excluding hydrogens is 378 g/mol. The van der Waals surface area contributed by atoms with Gasteiger partial charge in [-0.25, -0.2) is 0 Å². The van der Waals surface area contributed by atoms with Crippen molar-refractivity contribution in [2.45, 2.75) is 26.7 Å². The maximum Gasteiger partial charge on any atom is 0.144 e. The molecule has 4 aromatic carbocycles. The van der Waals surface area contributed by atoms with E-state index in [1.165, 1.54) is 27.8 Å². The Hall–Kier alpha value is -3.65. The first-order chi connectivity index (χ1) is 15.1. The van der Waals surface area contributed by atoms with E-state index in [-0.39, 0.29) is 5.92 Å². The summed E-state index contributed by atoms with van der Waals surface area (Å²) in [7, 11) is 0. The Morgan fingerprint density at radius 1 is 0.742 bits per heavy atom. The number of para-hydroxylation sites is 3. The van der Waals surface area contributed by atoms with Crippen molar-refractivity contribution >= 4 is 33.3 Å². The van der Waals surface area contributed by atoms with Crippen LogP contribution in [0.25, 0.3) is 21.9 Å². The fraction of sp³-hybridized carbons (Fsp3) is 0.138. The Kier molecular flexibility index (Phi) is 3.91. The van der Waals surface area contributed by atoms with Gasteiger partial charge >= 0.3 is 0 Å². The van der Waals surface area contributed by atoms with Gasteiger partial charge in [-0.1, -0.05) is 66.2 Å². The van der Waals surface area contributed by atoms with Gasteiger partial charge in [-0.05, 0) is 61.2 Å². The van der Waals surface area contributed by atoms with Gasteiger partial charge in [0, 0.05) is 16.3 Å². The maximum absolute atomic E-state index is 6.38. The number of aliphatic imine (C=N–C) groups is 1. The zero-order valence-electron chi connectivity index (χ0n) is 17.9. The fourth-order valence-electron chi connectivity index (χ4n) is 5.28. The van der Waals surface area contributed by atoms with Crippen LogP contribution in [0.15, 0.2) is 88.3 Å². The number of hydrogen-bond acceptors (Lipinski definition) is 2. The maximum atomic E-state index is 6.38. The minimum absolute atomic E-state index is 0.0932. The van der Waals surface area contributed by atoms with E-state index in [2.05, 4.69) is 87.5 Å². The summed E-state index contributed by atoms with van der Waals surface area (Å²) in [6.45, 7) is 6.60. The highest BCUT2D eigenvalue weighted by Crippen LogP contribution is 2.45. The monoisotopic (exact) mass is 401 g/mol. The molecule has 1 aliphatic heterocycles. The molecule has 1 atom stereocenters. The van der Waals surface area contributed by atoms with Crippen molar-refractivity contribution in [3.05, 3.63) is 112 Å². The van der Waals surface area contributed by atoms with Crippen LogP contribution >= 0.6 is 0 Å². The van der Waals surface area contributed by atoms with Gasteiger partial charge in [0.25, 0.3) is 0 Å². The molecule has 0 bridgehead atoms. The predicted octanol–water partition coefficient (Wildman–Crippen LogP) is 7.78. The Morgan fingerprint density at radius 2 is 1.45 bits per heavy atom. The number of rotatable bonds is 2. The molecule has 0 N–H and O–H groups in total. The lowest BCUT2D eigenvalue weighted by Gasteiger charge is -2.21. The Bertz CT molecular complexity index is 1500. The average Bonchev–Trinajstić information content (AvgIpc) is 3.32. The second-order valence-corrected chi connectivity index (χ2v) is 8.58. The third kappa shape index (κ3) is 2.68. The standard InChI is InChI=1S/C29H23NO/c1-17-15-18(2)26(19(3)16-17)27-22-10-4-6-13-24(22)30-28(27)23-12-8-11-21-20-9-5-7-14-25(20)31-29(21)23/h4-16,27H,1-3H3. The second kappa shape index (κ2) is 6.68. The quantitative estimate of drug-likeness (QED) is 0.296. The van der Waals surface area contributed by atoms with Crippen LogP contribution in [0.2, 0.25) is 0 Å². The van der Waals surface area contributed by atoms with Crippen LogP contribution in [-0.4, -0.2) is 5.71 Å². The SMILES string of the molecule is Cc1cc(C)c(C2C(c3cccc4c3oc3ccccc34)=Nc3ccccc32)c(C)c1. The molecule has 0 saturated carbocycles. The van der Waals surface area contributed by atoms with Crippen molar-refractivity contribution in [1.82, 2.24) is 0 Å². The van der Waals surface area contributed by atoms with Gasteiger partial charge in [-0.15, -0.1) is 0 Å². The van der Waals surface area contributed by atoms with Crippen LogP contribution in [-0.2, 0) is 0 Å². The molecule has 0 radical (unpaired) electrons. The van der Waals surface area contributed by atoms with Crippen LogP contribution in [0.1, 0.15) is 39.3 Å². The summed E-state index contributed by atoms with van der Waals surface area (Å²) in [5.74, 6) is 0.0932. The first-order valence-electron chi connectivity index (χ1n) is 10.8. The minimum Gasteiger partial charge on any atom is -0.455 e. The molecule has 6 rings (SSSR count). The number of hydrogen-bond donors (Lipinski definition) is 0. The third-order valence-electron chi connectivity index (χ3n) is 6.47. The van der Waals surface area contributed by atoms with E-state index < -0.39 is 0 Å². The first kappa shape index (κ1) is 18.1. The van der Waals surface area contributed by atoms with Crippen molar-refractivity contribution in [2.24, 2.45) is 4.99 Å². The van der Waals surface area contributed by atoms with Crippen LogP contribution in [0.3, 0.4) is 0 Å². The van der Waals surface area contributed by atoms with E-state index in [1.54, 1.807) is 0 Å². The zero-order valence-corrected chi connectivity index (χ0v) is 17.9. The van der Waals surface area contributed by atoms with Crippen molar-refractivity contribution < 1.29 is 4.42 Å². The largest absolute Gasteiger partial charge is 0.455 e. The van der Waals surface area contributed by atoms with Crippen molar-refractivity contribution in [3.63, 3.8) is 0 Å². The summed E-state index contributed by atoms with van der Waals surface area (Å²) >= 11 is 0. The highest BCUT2D eigenvalue weighted by Gasteiger charge is 2.33. The highest BCUT2D eigenvalue weighted by atomic mass is 16.3. The molecule has 31 heavy (non-hydrogen) atoms. The molecule has 0 aliphatic carbocycles. The lowest BCUT2D eigenvalue weighted by molar-refractivity contribution is 0.668. The molecule has 5 aromatic rings. The van der Waals surface area contributed by atoms with Gasteiger partial charge in [-0.2, -0.15) is 0 Å². The third-order valence-corrected chi connectivity index (χ3v) is 6.47. The smallest absolute Gasteiger partial charge is 0.144 e. The van der Waals surface area contributed by atoms with Gasteiger partial charge in [-0.3, -0.25) is 4.99 Å². The van der Waals surface area contributed by atoms with E-state index in [9.17, 15) is 0 Å². The molecule has 0 amide bonds. The molecule has 2 nitrogen and oxygen atoms in total. The Balaban J connectivity index is 1.65. The van der Waals surface area contributed by atoms with Gasteiger partial charge in [0.2, 0.25) is 0 Å². The van der Waals surface area contributed by atoms with E-state index in [1.807, 2.05) is 12.1 Å². The summed E-state index contributed by atoms with van der Waals surface area (Å²) in [4.78, 5) is 5.16. The van der Waals surface area contributed by atoms with Gasteiger partial charge in [0.15, 0.2) is 0 Å². The number of aryl methyl sites for hydroxylation is 3. The molecule has 1 unspecified atom stereocenters. The van der Waals surface area contributed by atoms with Gasteiger partial charge < -0.3 is 4.42 Å². The van der Waals surface area contributed by atoms with Crippen molar-refractivity contribution in [1.29, 1.82) is 0 Å². The minimum atomic E-state index is 0.0932. The molecule has 0 saturated heterocycles. The van der Waals surface area contributed by atoms with Crippen LogP contribution in [0.5, 0.6) is 0 Å². The van der Waals surface area contributed by atoms with E-state index in [0.29, 0.717) is 0 Å². The number of benzene rings is 4. The number of furan rings is 1. The fourth-order valence-corrected chi connectivity index (χ4v) is 5.28.